The lowest BCUT2D eigenvalue weighted by Crippen LogP contribution is -2.33. The molecule has 0 bridgehead atoms. The summed E-state index contributed by atoms with van der Waals surface area (Å²) in [4.78, 5) is 11.7. The smallest absolute Gasteiger partial charge is 0.224 e. The third kappa shape index (κ3) is 4.74. The molecule has 0 radical (unpaired) electrons. The average Bonchev–Trinajstić information content (AvgIpc) is 2.22. The largest absolute Gasteiger partial charge is 0.326 e. The number of rotatable bonds is 4. The fourth-order valence-electron chi connectivity index (χ4n) is 1.43. The maximum absolute atomic E-state index is 13.4. The molecule has 1 aromatic rings. The molecule has 0 saturated heterocycles. The van der Waals surface area contributed by atoms with Crippen LogP contribution in [0.3, 0.4) is 0 Å². The van der Waals surface area contributed by atoms with E-state index in [1.807, 2.05) is 20.8 Å². The van der Waals surface area contributed by atoms with Crippen LogP contribution in [0.1, 0.15) is 32.3 Å². The zero-order valence-corrected chi connectivity index (χ0v) is 12.4. The quantitative estimate of drug-likeness (QED) is 0.895. The second-order valence-corrected chi connectivity index (χ2v) is 5.97. The van der Waals surface area contributed by atoms with Crippen LogP contribution in [0.2, 0.25) is 0 Å². The maximum Gasteiger partial charge on any atom is 0.224 e. The van der Waals surface area contributed by atoms with Crippen LogP contribution in [0.15, 0.2) is 16.6 Å². The van der Waals surface area contributed by atoms with Gasteiger partial charge in [0.2, 0.25) is 5.91 Å². The van der Waals surface area contributed by atoms with Gasteiger partial charge in [-0.25, -0.2) is 4.39 Å². The number of nitrogens with two attached hydrogens (primary N) is 1. The Morgan fingerprint density at radius 3 is 2.67 bits per heavy atom. The van der Waals surface area contributed by atoms with Gasteiger partial charge in [0.05, 0.1) is 4.47 Å². The Labute approximate surface area is 115 Å². The van der Waals surface area contributed by atoms with Crippen LogP contribution in [0.25, 0.3) is 0 Å². The molecule has 0 spiro atoms. The van der Waals surface area contributed by atoms with Gasteiger partial charge >= 0.3 is 0 Å². The van der Waals surface area contributed by atoms with E-state index in [0.29, 0.717) is 23.0 Å². The van der Waals surface area contributed by atoms with Crippen molar-refractivity contribution in [2.45, 2.75) is 39.2 Å². The molecule has 0 atom stereocenters. The first-order chi connectivity index (χ1) is 8.19. The second kappa shape index (κ2) is 5.80. The molecule has 3 nitrogen and oxygen atoms in total. The van der Waals surface area contributed by atoms with Crippen LogP contribution in [-0.4, -0.2) is 11.4 Å². The summed E-state index contributed by atoms with van der Waals surface area (Å²) in [6.07, 6.45) is 0.900. The Kier molecular flexibility index (Phi) is 4.87. The summed E-state index contributed by atoms with van der Waals surface area (Å²) in [6, 6.07) is 2.95. The lowest BCUT2D eigenvalue weighted by atomic mass is 10.00. The van der Waals surface area contributed by atoms with Gasteiger partial charge in [0, 0.05) is 17.6 Å². The summed E-state index contributed by atoms with van der Waals surface area (Å²) in [5.41, 5.74) is 6.73. The highest BCUT2D eigenvalue weighted by Gasteiger charge is 2.14. The van der Waals surface area contributed by atoms with Crippen molar-refractivity contribution >= 4 is 27.5 Å². The summed E-state index contributed by atoms with van der Waals surface area (Å²) >= 11 is 3.10. The number of hydrogen-bond donors (Lipinski definition) is 2. The number of aryl methyl sites for hydroxylation is 1. The fourth-order valence-corrected chi connectivity index (χ4v) is 1.89. The standard InChI is InChI=1S/C13H18BrFN2O/c1-8-6-9(14)10(15)7-11(8)17-12(18)4-5-13(2,3)16/h6-7H,4-5,16H2,1-3H3,(H,17,18). The minimum Gasteiger partial charge on any atom is -0.326 e. The molecule has 0 saturated carbocycles. The maximum atomic E-state index is 13.4. The number of nitrogens with one attached hydrogen (secondary N) is 1. The molecule has 0 unspecified atom stereocenters. The first-order valence-corrected chi connectivity index (χ1v) is 6.53. The van der Waals surface area contributed by atoms with Gasteiger partial charge in [0.1, 0.15) is 5.82 Å². The number of anilines is 1. The molecule has 100 valence electrons. The first kappa shape index (κ1) is 15.1. The van der Waals surface area contributed by atoms with E-state index in [0.717, 1.165) is 5.56 Å². The van der Waals surface area contributed by atoms with Crippen molar-refractivity contribution in [1.29, 1.82) is 0 Å². The molecule has 0 aliphatic carbocycles. The van der Waals surface area contributed by atoms with Crippen LogP contribution < -0.4 is 11.1 Å². The number of halogens is 2. The first-order valence-electron chi connectivity index (χ1n) is 5.73. The van der Waals surface area contributed by atoms with Gasteiger partial charge in [0.15, 0.2) is 0 Å². The normalized spacial score (nSPS) is 11.4. The lowest BCUT2D eigenvalue weighted by molar-refractivity contribution is -0.116. The SMILES string of the molecule is Cc1cc(Br)c(F)cc1NC(=O)CCC(C)(C)N. The Morgan fingerprint density at radius 2 is 2.11 bits per heavy atom. The molecular weight excluding hydrogens is 299 g/mol. The van der Waals surface area contributed by atoms with Crippen molar-refractivity contribution in [2.75, 3.05) is 5.32 Å². The number of carbonyl (C=O) groups excluding carboxylic acids is 1. The Balaban J connectivity index is 2.68. The number of amides is 1. The second-order valence-electron chi connectivity index (χ2n) is 5.12. The summed E-state index contributed by atoms with van der Waals surface area (Å²) in [7, 11) is 0. The summed E-state index contributed by atoms with van der Waals surface area (Å²) in [5.74, 6) is -0.548. The van der Waals surface area contributed by atoms with Gasteiger partial charge in [0.25, 0.3) is 0 Å². The molecule has 0 aliphatic rings. The molecule has 3 N–H and O–H groups in total. The van der Waals surface area contributed by atoms with E-state index in [9.17, 15) is 9.18 Å². The predicted octanol–water partition coefficient (Wildman–Crippen LogP) is 3.35. The van der Waals surface area contributed by atoms with Crippen LogP contribution in [0, 0.1) is 12.7 Å². The van der Waals surface area contributed by atoms with Gasteiger partial charge in [-0.3, -0.25) is 4.79 Å². The zero-order valence-electron chi connectivity index (χ0n) is 10.8. The van der Waals surface area contributed by atoms with E-state index >= 15 is 0 Å². The molecule has 0 fully saturated rings. The van der Waals surface area contributed by atoms with Crippen LogP contribution in [-0.2, 0) is 4.79 Å². The fraction of sp³-hybridized carbons (Fsp3) is 0.462. The van der Waals surface area contributed by atoms with Crippen molar-refractivity contribution in [3.8, 4) is 0 Å². The van der Waals surface area contributed by atoms with Gasteiger partial charge in [-0.1, -0.05) is 0 Å². The number of hydrogen-bond acceptors (Lipinski definition) is 2. The van der Waals surface area contributed by atoms with E-state index in [1.54, 1.807) is 6.07 Å². The third-order valence-corrected chi connectivity index (χ3v) is 3.15. The Bertz CT molecular complexity index is 455. The topological polar surface area (TPSA) is 55.1 Å². The minimum atomic E-state index is -0.393. The summed E-state index contributed by atoms with van der Waals surface area (Å²) < 4.78 is 13.8. The van der Waals surface area contributed by atoms with Crippen molar-refractivity contribution in [3.63, 3.8) is 0 Å². The van der Waals surface area contributed by atoms with Crippen LogP contribution in [0.4, 0.5) is 10.1 Å². The van der Waals surface area contributed by atoms with Gasteiger partial charge in [-0.05, 0) is 60.8 Å². The summed E-state index contributed by atoms with van der Waals surface area (Å²) in [5, 5.41) is 2.70. The lowest BCUT2D eigenvalue weighted by Gasteiger charge is -2.18. The van der Waals surface area contributed by atoms with Crippen molar-refractivity contribution in [1.82, 2.24) is 0 Å². The van der Waals surface area contributed by atoms with Gasteiger partial charge < -0.3 is 11.1 Å². The molecule has 0 heterocycles. The van der Waals surface area contributed by atoms with Gasteiger partial charge in [-0.15, -0.1) is 0 Å². The molecule has 0 aliphatic heterocycles. The highest BCUT2D eigenvalue weighted by atomic mass is 79.9. The highest BCUT2D eigenvalue weighted by molar-refractivity contribution is 9.10. The molecule has 0 aromatic heterocycles. The molecule has 18 heavy (non-hydrogen) atoms. The van der Waals surface area contributed by atoms with Crippen molar-refractivity contribution < 1.29 is 9.18 Å². The molecule has 1 aromatic carbocycles. The number of benzene rings is 1. The van der Waals surface area contributed by atoms with E-state index in [4.69, 9.17) is 5.73 Å². The molecule has 1 rings (SSSR count). The van der Waals surface area contributed by atoms with Crippen molar-refractivity contribution in [3.05, 3.63) is 28.0 Å². The Morgan fingerprint density at radius 1 is 1.50 bits per heavy atom. The summed E-state index contributed by atoms with van der Waals surface area (Å²) in [6.45, 7) is 5.54. The highest BCUT2D eigenvalue weighted by Crippen LogP contribution is 2.24. The average molecular weight is 317 g/mol. The third-order valence-electron chi connectivity index (χ3n) is 2.54. The van der Waals surface area contributed by atoms with Crippen LogP contribution >= 0.6 is 15.9 Å². The van der Waals surface area contributed by atoms with E-state index < -0.39 is 5.82 Å². The Hall–Kier alpha value is -0.940. The minimum absolute atomic E-state index is 0.154. The predicted molar refractivity (Wildman–Crippen MR) is 75.0 cm³/mol. The van der Waals surface area contributed by atoms with E-state index in [2.05, 4.69) is 21.2 Å². The van der Waals surface area contributed by atoms with Crippen LogP contribution in [0.5, 0.6) is 0 Å². The van der Waals surface area contributed by atoms with E-state index in [-0.39, 0.29) is 11.4 Å². The van der Waals surface area contributed by atoms with Gasteiger partial charge in [-0.2, -0.15) is 0 Å². The van der Waals surface area contributed by atoms with Crippen molar-refractivity contribution in [2.24, 2.45) is 5.73 Å². The molecular formula is C13H18BrFN2O. The molecule has 1 amide bonds. The van der Waals surface area contributed by atoms with E-state index in [1.165, 1.54) is 6.07 Å². The number of carbonyl (C=O) groups is 1. The zero-order chi connectivity index (χ0) is 13.9. The monoisotopic (exact) mass is 316 g/mol. The molecule has 5 heteroatoms.